The summed E-state index contributed by atoms with van der Waals surface area (Å²) in [7, 11) is 2.03. The van der Waals surface area contributed by atoms with E-state index < -0.39 is 0 Å². The van der Waals surface area contributed by atoms with Crippen LogP contribution in [0.3, 0.4) is 0 Å². The maximum absolute atomic E-state index is 12.2. The third-order valence-electron chi connectivity index (χ3n) is 4.58. The molecular formula is C20H28N4O2. The molecule has 0 unspecified atom stereocenters. The summed E-state index contributed by atoms with van der Waals surface area (Å²) < 4.78 is 5.51. The smallest absolute Gasteiger partial charge is 0.244 e. The van der Waals surface area contributed by atoms with Gasteiger partial charge in [0.05, 0.1) is 6.04 Å². The molecule has 1 aliphatic heterocycles. The second kappa shape index (κ2) is 7.58. The number of nitrogens with one attached hydrogen (secondary N) is 1. The van der Waals surface area contributed by atoms with E-state index in [4.69, 9.17) is 4.52 Å². The van der Waals surface area contributed by atoms with Crippen LogP contribution in [0.1, 0.15) is 56.9 Å². The van der Waals surface area contributed by atoms with Crippen LogP contribution in [0.5, 0.6) is 0 Å². The number of hydrogen-bond acceptors (Lipinski definition) is 5. The number of likely N-dealkylation sites (tertiary alicyclic amines) is 1. The van der Waals surface area contributed by atoms with E-state index in [0.717, 1.165) is 18.5 Å². The van der Waals surface area contributed by atoms with Crippen molar-refractivity contribution in [3.63, 3.8) is 0 Å². The van der Waals surface area contributed by atoms with Gasteiger partial charge >= 0.3 is 0 Å². The van der Waals surface area contributed by atoms with Gasteiger partial charge in [-0.2, -0.15) is 4.98 Å². The molecule has 3 rings (SSSR count). The minimum atomic E-state index is -0.00713. The molecular weight excluding hydrogens is 328 g/mol. The van der Waals surface area contributed by atoms with Crippen LogP contribution in [0.25, 0.3) is 0 Å². The van der Waals surface area contributed by atoms with E-state index >= 15 is 0 Å². The molecule has 140 valence electrons. The standard InChI is InChI=1S/C20H28N4O2/c1-20(2,3)12-18(25)21-15-11-16(24(4)13-15)19-22-17(23-26-19)10-14-8-6-5-7-9-14/h5-9,15-16H,10-13H2,1-4H3,(H,21,25)/t15-,16-/m0/s1. The van der Waals surface area contributed by atoms with E-state index in [1.807, 2.05) is 25.2 Å². The molecule has 26 heavy (non-hydrogen) atoms. The number of hydrogen-bond donors (Lipinski definition) is 1. The van der Waals surface area contributed by atoms with Gasteiger partial charge in [0.1, 0.15) is 0 Å². The van der Waals surface area contributed by atoms with Crippen molar-refractivity contribution in [1.29, 1.82) is 0 Å². The largest absolute Gasteiger partial charge is 0.352 e. The first-order valence-electron chi connectivity index (χ1n) is 9.16. The third kappa shape index (κ3) is 4.91. The monoisotopic (exact) mass is 356 g/mol. The van der Waals surface area contributed by atoms with E-state index in [0.29, 0.717) is 24.6 Å². The van der Waals surface area contributed by atoms with Gasteiger partial charge in [-0.15, -0.1) is 0 Å². The molecule has 0 aliphatic carbocycles. The SMILES string of the molecule is CN1C[C@@H](NC(=O)CC(C)(C)C)C[C@H]1c1nc(Cc2ccccc2)no1. The van der Waals surface area contributed by atoms with Gasteiger partial charge in [0.25, 0.3) is 0 Å². The Balaban J connectivity index is 1.59. The number of benzene rings is 1. The zero-order chi connectivity index (χ0) is 18.7. The third-order valence-corrected chi connectivity index (χ3v) is 4.58. The Morgan fingerprint density at radius 3 is 2.73 bits per heavy atom. The average molecular weight is 356 g/mol. The van der Waals surface area contributed by atoms with Crippen LogP contribution in [0.4, 0.5) is 0 Å². The number of nitrogens with zero attached hydrogens (tertiary/aromatic N) is 3. The number of aromatic nitrogens is 2. The lowest BCUT2D eigenvalue weighted by molar-refractivity contribution is -0.123. The van der Waals surface area contributed by atoms with Gasteiger partial charge in [-0.05, 0) is 24.4 Å². The highest BCUT2D eigenvalue weighted by Crippen LogP contribution is 2.30. The number of carbonyl (C=O) groups excluding carboxylic acids is 1. The Morgan fingerprint density at radius 2 is 2.04 bits per heavy atom. The van der Waals surface area contributed by atoms with E-state index in [9.17, 15) is 4.79 Å². The van der Waals surface area contributed by atoms with Crippen LogP contribution in [-0.4, -0.2) is 40.6 Å². The van der Waals surface area contributed by atoms with Gasteiger partial charge in [-0.1, -0.05) is 56.3 Å². The number of amides is 1. The minimum absolute atomic E-state index is 0.00713. The van der Waals surface area contributed by atoms with Gasteiger partial charge in [-0.25, -0.2) is 0 Å². The molecule has 1 fully saturated rings. The fourth-order valence-corrected chi connectivity index (χ4v) is 3.41. The Kier molecular flexibility index (Phi) is 5.41. The van der Waals surface area contributed by atoms with Gasteiger partial charge in [0.2, 0.25) is 11.8 Å². The van der Waals surface area contributed by atoms with Gasteiger partial charge in [0, 0.05) is 25.4 Å². The summed E-state index contributed by atoms with van der Waals surface area (Å²) in [4.78, 5) is 18.9. The van der Waals surface area contributed by atoms with E-state index in [1.54, 1.807) is 0 Å². The second-order valence-electron chi connectivity index (χ2n) is 8.40. The van der Waals surface area contributed by atoms with Gasteiger partial charge < -0.3 is 9.84 Å². The molecule has 2 atom stereocenters. The number of likely N-dealkylation sites (N-methyl/N-ethyl adjacent to an activating group) is 1. The van der Waals surface area contributed by atoms with Crippen molar-refractivity contribution >= 4 is 5.91 Å². The average Bonchev–Trinajstić information content (AvgIpc) is 3.13. The second-order valence-corrected chi connectivity index (χ2v) is 8.40. The lowest BCUT2D eigenvalue weighted by atomic mass is 9.92. The summed E-state index contributed by atoms with van der Waals surface area (Å²) in [6, 6.07) is 10.3. The lowest BCUT2D eigenvalue weighted by Gasteiger charge is -2.19. The summed E-state index contributed by atoms with van der Waals surface area (Å²) in [5, 5.41) is 7.27. The molecule has 2 aromatic rings. The summed E-state index contributed by atoms with van der Waals surface area (Å²) >= 11 is 0. The van der Waals surface area contributed by atoms with Crippen molar-refractivity contribution < 1.29 is 9.32 Å². The maximum Gasteiger partial charge on any atom is 0.244 e. The Morgan fingerprint density at radius 1 is 1.31 bits per heavy atom. The van der Waals surface area contributed by atoms with Crippen molar-refractivity contribution in [2.24, 2.45) is 5.41 Å². The number of rotatable bonds is 5. The molecule has 1 saturated heterocycles. The molecule has 0 bridgehead atoms. The predicted octanol–water partition coefficient (Wildman–Crippen LogP) is 2.96. The highest BCUT2D eigenvalue weighted by atomic mass is 16.5. The summed E-state index contributed by atoms with van der Waals surface area (Å²) in [6.07, 6.45) is 1.98. The first-order valence-corrected chi connectivity index (χ1v) is 9.16. The quantitative estimate of drug-likeness (QED) is 0.892. The van der Waals surface area contributed by atoms with E-state index in [2.05, 4.69) is 53.3 Å². The van der Waals surface area contributed by atoms with Crippen LogP contribution in [-0.2, 0) is 11.2 Å². The molecule has 2 heterocycles. The number of carbonyl (C=O) groups is 1. The molecule has 1 aliphatic rings. The molecule has 1 amide bonds. The molecule has 6 nitrogen and oxygen atoms in total. The van der Waals surface area contributed by atoms with E-state index in [-0.39, 0.29) is 23.4 Å². The summed E-state index contributed by atoms with van der Waals surface area (Å²) in [5.74, 6) is 1.43. The van der Waals surface area contributed by atoms with Crippen molar-refractivity contribution in [3.05, 3.63) is 47.6 Å². The van der Waals surface area contributed by atoms with Gasteiger partial charge in [0.15, 0.2) is 5.82 Å². The molecule has 1 N–H and O–H groups in total. The zero-order valence-corrected chi connectivity index (χ0v) is 16.0. The highest BCUT2D eigenvalue weighted by Gasteiger charge is 2.35. The highest BCUT2D eigenvalue weighted by molar-refractivity contribution is 5.76. The van der Waals surface area contributed by atoms with Crippen molar-refractivity contribution in [1.82, 2.24) is 20.4 Å². The lowest BCUT2D eigenvalue weighted by Crippen LogP contribution is -2.38. The fourth-order valence-electron chi connectivity index (χ4n) is 3.41. The first-order chi connectivity index (χ1) is 12.3. The van der Waals surface area contributed by atoms with Gasteiger partial charge in [-0.3, -0.25) is 9.69 Å². The van der Waals surface area contributed by atoms with Crippen molar-refractivity contribution in [2.45, 2.75) is 52.1 Å². The van der Waals surface area contributed by atoms with Crippen LogP contribution in [0, 0.1) is 5.41 Å². The first kappa shape index (κ1) is 18.6. The minimum Gasteiger partial charge on any atom is -0.352 e. The van der Waals surface area contributed by atoms with Crippen LogP contribution < -0.4 is 5.32 Å². The fraction of sp³-hybridized carbons (Fsp3) is 0.550. The maximum atomic E-state index is 12.2. The van der Waals surface area contributed by atoms with Crippen LogP contribution >= 0.6 is 0 Å². The van der Waals surface area contributed by atoms with Crippen LogP contribution in [0.15, 0.2) is 34.9 Å². The Labute approximate surface area is 155 Å². The normalized spacial score (nSPS) is 21.1. The predicted molar refractivity (Wildman–Crippen MR) is 99.5 cm³/mol. The topological polar surface area (TPSA) is 71.3 Å². The summed E-state index contributed by atoms with van der Waals surface area (Å²) in [5.41, 5.74) is 1.15. The van der Waals surface area contributed by atoms with Crippen molar-refractivity contribution in [2.75, 3.05) is 13.6 Å². The molecule has 6 heteroatoms. The molecule has 0 spiro atoms. The zero-order valence-electron chi connectivity index (χ0n) is 16.0. The van der Waals surface area contributed by atoms with Crippen LogP contribution in [0.2, 0.25) is 0 Å². The van der Waals surface area contributed by atoms with E-state index in [1.165, 1.54) is 0 Å². The molecule has 1 aromatic carbocycles. The van der Waals surface area contributed by atoms with Crippen molar-refractivity contribution in [3.8, 4) is 0 Å². The Bertz CT molecular complexity index is 736. The molecule has 0 radical (unpaired) electrons. The molecule has 1 aromatic heterocycles. The molecule has 0 saturated carbocycles. The summed E-state index contributed by atoms with van der Waals surface area (Å²) in [6.45, 7) is 7.01. The Hall–Kier alpha value is -2.21.